The van der Waals surface area contributed by atoms with Gasteiger partial charge in [-0.1, -0.05) is 13.0 Å². The van der Waals surface area contributed by atoms with E-state index in [1.807, 2.05) is 6.20 Å². The number of hydrogen-bond donors (Lipinski definition) is 1. The monoisotopic (exact) mass is 249 g/mol. The predicted octanol–water partition coefficient (Wildman–Crippen LogP) is 1.94. The first kappa shape index (κ1) is 13.3. The molecule has 1 saturated heterocycles. The molecule has 18 heavy (non-hydrogen) atoms. The molecular formula is C14H23N3O. The molecule has 1 aromatic rings. The number of hydrogen-bond acceptors (Lipinski definition) is 4. The van der Waals surface area contributed by atoms with Crippen LogP contribution in [0.25, 0.3) is 0 Å². The largest absolute Gasteiger partial charge is 0.376 e. The zero-order valence-corrected chi connectivity index (χ0v) is 11.1. The first-order chi connectivity index (χ1) is 8.83. The normalized spacial score (nSPS) is 20.1. The number of nitrogens with zero attached hydrogens (tertiary/aromatic N) is 2. The molecule has 0 spiro atoms. The Labute approximate surface area is 109 Å². The highest BCUT2D eigenvalue weighted by Crippen LogP contribution is 2.19. The van der Waals surface area contributed by atoms with E-state index in [2.05, 4.69) is 28.9 Å². The van der Waals surface area contributed by atoms with Crippen molar-refractivity contribution in [2.75, 3.05) is 24.6 Å². The Hall–Kier alpha value is -1.13. The Kier molecular flexibility index (Phi) is 4.96. The van der Waals surface area contributed by atoms with Crippen LogP contribution in [0.3, 0.4) is 0 Å². The quantitative estimate of drug-likeness (QED) is 0.866. The van der Waals surface area contributed by atoms with Gasteiger partial charge in [0.05, 0.1) is 6.10 Å². The van der Waals surface area contributed by atoms with Crippen molar-refractivity contribution in [3.05, 3.63) is 23.9 Å². The lowest BCUT2D eigenvalue weighted by atomic mass is 10.1. The summed E-state index contributed by atoms with van der Waals surface area (Å²) in [7, 11) is 0. The van der Waals surface area contributed by atoms with E-state index in [1.165, 1.54) is 6.42 Å². The zero-order valence-electron chi connectivity index (χ0n) is 11.1. The Morgan fingerprint density at radius 3 is 3.06 bits per heavy atom. The van der Waals surface area contributed by atoms with Gasteiger partial charge in [0, 0.05) is 32.4 Å². The van der Waals surface area contributed by atoms with Crippen LogP contribution in [0.1, 0.15) is 31.7 Å². The lowest BCUT2D eigenvalue weighted by Gasteiger charge is -2.33. The van der Waals surface area contributed by atoms with Crippen molar-refractivity contribution in [1.82, 2.24) is 4.98 Å². The lowest BCUT2D eigenvalue weighted by Crippen LogP contribution is -2.40. The number of ether oxygens (including phenoxy) is 1. The summed E-state index contributed by atoms with van der Waals surface area (Å²) in [5.74, 6) is 1.04. The van der Waals surface area contributed by atoms with Gasteiger partial charge >= 0.3 is 0 Å². The van der Waals surface area contributed by atoms with Crippen molar-refractivity contribution < 1.29 is 4.74 Å². The second kappa shape index (κ2) is 6.71. The average molecular weight is 249 g/mol. The predicted molar refractivity (Wildman–Crippen MR) is 73.6 cm³/mol. The fourth-order valence-corrected chi connectivity index (χ4v) is 2.29. The molecule has 0 radical (unpaired) electrons. The summed E-state index contributed by atoms with van der Waals surface area (Å²) in [5, 5.41) is 0. The minimum Gasteiger partial charge on any atom is -0.376 e. The topological polar surface area (TPSA) is 51.4 Å². The molecule has 2 rings (SSSR count). The van der Waals surface area contributed by atoms with Gasteiger partial charge in [-0.25, -0.2) is 4.98 Å². The number of aromatic nitrogens is 1. The van der Waals surface area contributed by atoms with Gasteiger partial charge in [-0.2, -0.15) is 0 Å². The van der Waals surface area contributed by atoms with E-state index in [9.17, 15) is 0 Å². The van der Waals surface area contributed by atoms with Crippen molar-refractivity contribution in [3.8, 4) is 0 Å². The van der Waals surface area contributed by atoms with Gasteiger partial charge in [-0.05, 0) is 30.9 Å². The highest BCUT2D eigenvalue weighted by Gasteiger charge is 2.20. The summed E-state index contributed by atoms with van der Waals surface area (Å²) in [6.45, 7) is 5.58. The van der Waals surface area contributed by atoms with Crippen molar-refractivity contribution >= 4 is 5.82 Å². The van der Waals surface area contributed by atoms with Crippen LogP contribution in [0.15, 0.2) is 18.3 Å². The molecule has 1 fully saturated rings. The number of anilines is 1. The van der Waals surface area contributed by atoms with Crippen LogP contribution in [0.4, 0.5) is 5.82 Å². The second-order valence-corrected chi connectivity index (χ2v) is 4.81. The summed E-state index contributed by atoms with van der Waals surface area (Å²) in [6.07, 6.45) is 5.65. The minimum atomic E-state index is 0.356. The van der Waals surface area contributed by atoms with Crippen LogP contribution in [0.2, 0.25) is 0 Å². The third-order valence-electron chi connectivity index (χ3n) is 3.30. The maximum Gasteiger partial charge on any atom is 0.128 e. The standard InChI is InChI=1S/C14H23N3O/c1-2-8-18-13-4-3-7-17(11-13)14-6-5-12(9-15)10-16-14/h5-6,10,13H,2-4,7-9,11,15H2,1H3. The number of nitrogens with two attached hydrogens (primary N) is 1. The van der Waals surface area contributed by atoms with Gasteiger partial charge in [-0.15, -0.1) is 0 Å². The molecule has 4 nitrogen and oxygen atoms in total. The van der Waals surface area contributed by atoms with Crippen molar-refractivity contribution in [2.45, 2.75) is 38.8 Å². The molecule has 100 valence electrons. The first-order valence-corrected chi connectivity index (χ1v) is 6.85. The Bertz CT molecular complexity index is 353. The van der Waals surface area contributed by atoms with E-state index < -0.39 is 0 Å². The molecule has 0 aromatic carbocycles. The average Bonchev–Trinajstić information content (AvgIpc) is 2.45. The molecule has 0 aliphatic carbocycles. The fraction of sp³-hybridized carbons (Fsp3) is 0.643. The Balaban J connectivity index is 1.94. The van der Waals surface area contributed by atoms with Gasteiger partial charge in [-0.3, -0.25) is 0 Å². The number of pyridine rings is 1. The molecule has 1 atom stereocenters. The minimum absolute atomic E-state index is 0.356. The van der Waals surface area contributed by atoms with Gasteiger partial charge in [0.25, 0.3) is 0 Å². The molecule has 4 heteroatoms. The molecular weight excluding hydrogens is 226 g/mol. The maximum atomic E-state index is 5.84. The third-order valence-corrected chi connectivity index (χ3v) is 3.30. The molecule has 2 heterocycles. The highest BCUT2D eigenvalue weighted by molar-refractivity contribution is 5.40. The number of piperidine rings is 1. The lowest BCUT2D eigenvalue weighted by molar-refractivity contribution is 0.0439. The summed E-state index contributed by atoms with van der Waals surface area (Å²) in [6, 6.07) is 4.11. The Morgan fingerprint density at radius 2 is 2.39 bits per heavy atom. The van der Waals surface area contributed by atoms with Gasteiger partial charge in [0.15, 0.2) is 0 Å². The second-order valence-electron chi connectivity index (χ2n) is 4.81. The van der Waals surface area contributed by atoms with Crippen molar-refractivity contribution in [1.29, 1.82) is 0 Å². The molecule has 0 amide bonds. The van der Waals surface area contributed by atoms with Crippen LogP contribution >= 0.6 is 0 Å². The van der Waals surface area contributed by atoms with E-state index in [4.69, 9.17) is 10.5 Å². The van der Waals surface area contributed by atoms with Gasteiger partial charge in [0.2, 0.25) is 0 Å². The van der Waals surface area contributed by atoms with Gasteiger partial charge < -0.3 is 15.4 Å². The van der Waals surface area contributed by atoms with Crippen molar-refractivity contribution in [3.63, 3.8) is 0 Å². The fourth-order valence-electron chi connectivity index (χ4n) is 2.29. The van der Waals surface area contributed by atoms with Crippen LogP contribution in [-0.4, -0.2) is 30.8 Å². The molecule has 0 bridgehead atoms. The zero-order chi connectivity index (χ0) is 12.8. The van der Waals surface area contributed by atoms with Crippen LogP contribution in [0.5, 0.6) is 0 Å². The summed E-state index contributed by atoms with van der Waals surface area (Å²) in [4.78, 5) is 6.79. The van der Waals surface area contributed by atoms with E-state index in [0.717, 1.165) is 43.9 Å². The van der Waals surface area contributed by atoms with E-state index in [0.29, 0.717) is 12.6 Å². The smallest absolute Gasteiger partial charge is 0.128 e. The number of rotatable bonds is 5. The summed E-state index contributed by atoms with van der Waals surface area (Å²) >= 11 is 0. The Morgan fingerprint density at radius 1 is 1.50 bits per heavy atom. The van der Waals surface area contributed by atoms with E-state index in [1.54, 1.807) is 0 Å². The molecule has 1 aromatic heterocycles. The third kappa shape index (κ3) is 3.43. The molecule has 0 saturated carbocycles. The first-order valence-electron chi connectivity index (χ1n) is 6.85. The van der Waals surface area contributed by atoms with Crippen LogP contribution < -0.4 is 10.6 Å². The summed E-state index contributed by atoms with van der Waals surface area (Å²) < 4.78 is 5.84. The molecule has 1 aliphatic rings. The SMILES string of the molecule is CCCOC1CCCN(c2ccc(CN)cn2)C1. The maximum absolute atomic E-state index is 5.84. The molecule has 1 unspecified atom stereocenters. The summed E-state index contributed by atoms with van der Waals surface area (Å²) in [5.41, 5.74) is 6.66. The van der Waals surface area contributed by atoms with E-state index >= 15 is 0 Å². The van der Waals surface area contributed by atoms with Crippen LogP contribution in [0, 0.1) is 0 Å². The van der Waals surface area contributed by atoms with Crippen molar-refractivity contribution in [2.24, 2.45) is 5.73 Å². The van der Waals surface area contributed by atoms with E-state index in [-0.39, 0.29) is 0 Å². The van der Waals surface area contributed by atoms with Gasteiger partial charge in [0.1, 0.15) is 5.82 Å². The van der Waals surface area contributed by atoms with Crippen LogP contribution in [-0.2, 0) is 11.3 Å². The highest BCUT2D eigenvalue weighted by atomic mass is 16.5. The molecule has 2 N–H and O–H groups in total. The molecule has 1 aliphatic heterocycles.